The zero-order chi connectivity index (χ0) is 22.2. The first kappa shape index (κ1) is 22.5. The summed E-state index contributed by atoms with van der Waals surface area (Å²) in [6.45, 7) is 5.91. The highest BCUT2D eigenvalue weighted by atomic mass is 16.5. The van der Waals surface area contributed by atoms with Gasteiger partial charge < -0.3 is 25.6 Å². The van der Waals surface area contributed by atoms with Crippen LogP contribution in [0.3, 0.4) is 0 Å². The Bertz CT molecular complexity index is 892. The van der Waals surface area contributed by atoms with Crippen molar-refractivity contribution in [2.75, 3.05) is 35.7 Å². The van der Waals surface area contributed by atoms with Crippen molar-refractivity contribution in [2.24, 2.45) is 0 Å². The van der Waals surface area contributed by atoms with Gasteiger partial charge in [-0.2, -0.15) is 0 Å². The summed E-state index contributed by atoms with van der Waals surface area (Å²) < 4.78 is 5.13. The molecule has 1 aliphatic rings. The van der Waals surface area contributed by atoms with Crippen molar-refractivity contribution in [1.29, 1.82) is 0 Å². The van der Waals surface area contributed by atoms with Crippen molar-refractivity contribution < 1.29 is 14.3 Å². The number of carbonyl (C=O) groups excluding carboxylic acids is 2. The highest BCUT2D eigenvalue weighted by molar-refractivity contribution is 6.04. The molecule has 0 bridgehead atoms. The van der Waals surface area contributed by atoms with E-state index in [1.54, 1.807) is 37.4 Å². The number of methoxy groups -OCH3 is 1. The molecule has 2 aromatic carbocycles. The van der Waals surface area contributed by atoms with E-state index in [9.17, 15) is 9.59 Å². The van der Waals surface area contributed by atoms with Gasteiger partial charge in [-0.15, -0.1) is 0 Å². The first-order valence-corrected chi connectivity index (χ1v) is 10.9. The molecular weight excluding hydrogens is 392 g/mol. The van der Waals surface area contributed by atoms with Crippen molar-refractivity contribution in [3.63, 3.8) is 0 Å². The summed E-state index contributed by atoms with van der Waals surface area (Å²) in [7, 11) is 1.59. The highest BCUT2D eigenvalue weighted by Gasteiger charge is 2.20. The number of hydrogen-bond donors (Lipinski definition) is 3. The molecule has 166 valence electrons. The van der Waals surface area contributed by atoms with Gasteiger partial charge in [-0.1, -0.05) is 6.92 Å². The molecule has 1 unspecified atom stereocenters. The van der Waals surface area contributed by atoms with E-state index in [4.69, 9.17) is 4.74 Å². The molecule has 3 rings (SSSR count). The van der Waals surface area contributed by atoms with Crippen LogP contribution < -0.4 is 25.6 Å². The lowest BCUT2D eigenvalue weighted by molar-refractivity contribution is 0.0939. The summed E-state index contributed by atoms with van der Waals surface area (Å²) in [5, 5.41) is 8.68. The van der Waals surface area contributed by atoms with E-state index in [0.29, 0.717) is 16.9 Å². The summed E-state index contributed by atoms with van der Waals surface area (Å²) in [5.74, 6) is 0.602. The molecule has 1 aliphatic heterocycles. The molecule has 0 aromatic heterocycles. The second-order valence-electron chi connectivity index (χ2n) is 7.87. The molecule has 3 N–H and O–H groups in total. The number of ether oxygens (including phenoxy) is 1. The van der Waals surface area contributed by atoms with Crippen LogP contribution in [0.2, 0.25) is 0 Å². The molecule has 0 aliphatic carbocycles. The SMILES string of the molecule is CCC(C)NC(=O)c1cc(NC(=O)Nc2ccc(OC)cc2)ccc1N1CCCCC1. The van der Waals surface area contributed by atoms with E-state index in [-0.39, 0.29) is 18.0 Å². The normalized spacial score (nSPS) is 14.5. The van der Waals surface area contributed by atoms with Crippen LogP contribution in [0.4, 0.5) is 21.9 Å². The first-order chi connectivity index (χ1) is 15.0. The van der Waals surface area contributed by atoms with Crippen LogP contribution in [-0.2, 0) is 0 Å². The summed E-state index contributed by atoms with van der Waals surface area (Å²) in [6.07, 6.45) is 4.32. The molecule has 1 fully saturated rings. The number of hydrogen-bond acceptors (Lipinski definition) is 4. The standard InChI is InChI=1S/C24H32N4O3/c1-4-17(2)25-23(29)21-16-19(10-13-22(21)28-14-6-5-7-15-28)27-24(30)26-18-8-11-20(31-3)12-9-18/h8-13,16-17H,4-7,14-15H2,1-3H3,(H,25,29)(H2,26,27,30). The Hall–Kier alpha value is -3.22. The lowest BCUT2D eigenvalue weighted by Crippen LogP contribution is -2.35. The molecule has 31 heavy (non-hydrogen) atoms. The van der Waals surface area contributed by atoms with Crippen molar-refractivity contribution >= 4 is 29.0 Å². The summed E-state index contributed by atoms with van der Waals surface area (Å²) in [5.41, 5.74) is 2.73. The van der Waals surface area contributed by atoms with Gasteiger partial charge in [0.1, 0.15) is 5.75 Å². The monoisotopic (exact) mass is 424 g/mol. The molecular formula is C24H32N4O3. The Morgan fingerprint density at radius 3 is 2.29 bits per heavy atom. The van der Waals surface area contributed by atoms with Gasteiger partial charge in [-0.3, -0.25) is 4.79 Å². The maximum Gasteiger partial charge on any atom is 0.323 e. The summed E-state index contributed by atoms with van der Waals surface area (Å²) in [4.78, 5) is 27.7. The van der Waals surface area contributed by atoms with Gasteiger partial charge in [-0.25, -0.2) is 4.79 Å². The Morgan fingerprint density at radius 1 is 1.00 bits per heavy atom. The Morgan fingerprint density at radius 2 is 1.65 bits per heavy atom. The topological polar surface area (TPSA) is 82.7 Å². The summed E-state index contributed by atoms with van der Waals surface area (Å²) in [6, 6.07) is 12.3. The van der Waals surface area contributed by atoms with Crippen LogP contribution in [0, 0.1) is 0 Å². The molecule has 0 spiro atoms. The minimum absolute atomic E-state index is 0.0803. The quantitative estimate of drug-likeness (QED) is 0.593. The molecule has 2 aromatic rings. The third-order valence-corrected chi connectivity index (χ3v) is 5.53. The van der Waals surface area contributed by atoms with Crippen molar-refractivity contribution in [2.45, 2.75) is 45.6 Å². The van der Waals surface area contributed by atoms with E-state index in [0.717, 1.165) is 43.8 Å². The zero-order valence-corrected chi connectivity index (χ0v) is 18.5. The van der Waals surface area contributed by atoms with E-state index < -0.39 is 0 Å². The highest BCUT2D eigenvalue weighted by Crippen LogP contribution is 2.27. The fourth-order valence-electron chi connectivity index (χ4n) is 3.58. The van der Waals surface area contributed by atoms with Gasteiger partial charge in [0.2, 0.25) is 0 Å². The van der Waals surface area contributed by atoms with E-state index >= 15 is 0 Å². The van der Waals surface area contributed by atoms with E-state index in [1.165, 1.54) is 6.42 Å². The van der Waals surface area contributed by atoms with Gasteiger partial charge in [0.05, 0.1) is 12.7 Å². The predicted molar refractivity (Wildman–Crippen MR) is 125 cm³/mol. The minimum atomic E-state index is -0.371. The van der Waals surface area contributed by atoms with Crippen LogP contribution in [0.25, 0.3) is 0 Å². The molecule has 3 amide bonds. The number of rotatable bonds is 7. The second kappa shape index (κ2) is 10.7. The van der Waals surface area contributed by atoms with E-state index in [2.05, 4.69) is 20.9 Å². The molecule has 7 heteroatoms. The molecule has 1 atom stereocenters. The molecule has 0 saturated carbocycles. The van der Waals surface area contributed by atoms with Crippen LogP contribution in [0.5, 0.6) is 5.75 Å². The van der Waals surface area contributed by atoms with Gasteiger partial charge in [-0.05, 0) is 75.1 Å². The average molecular weight is 425 g/mol. The van der Waals surface area contributed by atoms with E-state index in [1.807, 2.05) is 26.0 Å². The number of carbonyl (C=O) groups is 2. The lowest BCUT2D eigenvalue weighted by Gasteiger charge is -2.31. The Labute approximate surface area is 184 Å². The number of urea groups is 1. The van der Waals surface area contributed by atoms with Crippen molar-refractivity contribution in [3.05, 3.63) is 48.0 Å². The number of nitrogens with zero attached hydrogens (tertiary/aromatic N) is 1. The number of benzene rings is 2. The van der Waals surface area contributed by atoms with Crippen LogP contribution in [-0.4, -0.2) is 38.2 Å². The van der Waals surface area contributed by atoms with Crippen LogP contribution >= 0.6 is 0 Å². The molecule has 7 nitrogen and oxygen atoms in total. The predicted octanol–water partition coefficient (Wildman–Crippen LogP) is 4.86. The number of anilines is 3. The Balaban J connectivity index is 1.77. The van der Waals surface area contributed by atoms with Crippen LogP contribution in [0.1, 0.15) is 49.9 Å². The molecule has 1 heterocycles. The third kappa shape index (κ3) is 6.13. The smallest absolute Gasteiger partial charge is 0.323 e. The second-order valence-corrected chi connectivity index (χ2v) is 7.87. The molecule has 1 saturated heterocycles. The fraction of sp³-hybridized carbons (Fsp3) is 0.417. The average Bonchev–Trinajstić information content (AvgIpc) is 2.80. The summed E-state index contributed by atoms with van der Waals surface area (Å²) >= 11 is 0. The largest absolute Gasteiger partial charge is 0.497 e. The van der Waals surface area contributed by atoms with Gasteiger partial charge in [0.25, 0.3) is 5.91 Å². The number of amides is 3. The maximum absolute atomic E-state index is 13.0. The van der Waals surface area contributed by atoms with Gasteiger partial charge in [0.15, 0.2) is 0 Å². The Kier molecular flexibility index (Phi) is 7.76. The maximum atomic E-state index is 13.0. The van der Waals surface area contributed by atoms with Crippen molar-refractivity contribution in [1.82, 2.24) is 5.32 Å². The van der Waals surface area contributed by atoms with Gasteiger partial charge >= 0.3 is 6.03 Å². The minimum Gasteiger partial charge on any atom is -0.497 e. The first-order valence-electron chi connectivity index (χ1n) is 10.9. The molecule has 0 radical (unpaired) electrons. The third-order valence-electron chi connectivity index (χ3n) is 5.53. The van der Waals surface area contributed by atoms with Gasteiger partial charge in [0, 0.05) is 36.2 Å². The van der Waals surface area contributed by atoms with Crippen LogP contribution in [0.15, 0.2) is 42.5 Å². The number of piperidine rings is 1. The van der Waals surface area contributed by atoms with Crippen molar-refractivity contribution in [3.8, 4) is 5.75 Å². The zero-order valence-electron chi connectivity index (χ0n) is 18.5. The fourth-order valence-corrected chi connectivity index (χ4v) is 3.58. The lowest BCUT2D eigenvalue weighted by atomic mass is 10.1. The number of nitrogens with one attached hydrogen (secondary N) is 3.